The van der Waals surface area contributed by atoms with E-state index in [1.165, 1.54) is 0 Å². The second kappa shape index (κ2) is 6.51. The minimum Gasteiger partial charge on any atom is -0.469 e. The number of halogens is 3. The molecule has 1 rings (SSSR count). The number of carbonyl (C=O) groups excluding carboxylic acids is 2. The molecule has 0 aromatic heterocycles. The van der Waals surface area contributed by atoms with E-state index in [1.807, 2.05) is 0 Å². The van der Waals surface area contributed by atoms with Gasteiger partial charge in [0.2, 0.25) is 0 Å². The van der Waals surface area contributed by atoms with E-state index < -0.39 is 36.0 Å². The van der Waals surface area contributed by atoms with Crippen LogP contribution in [0.15, 0.2) is 24.3 Å². The van der Waals surface area contributed by atoms with Crippen molar-refractivity contribution in [1.29, 1.82) is 0 Å². The Balaban J connectivity index is 2.66. The predicted molar refractivity (Wildman–Crippen MR) is 62.7 cm³/mol. The van der Waals surface area contributed by atoms with E-state index in [-0.39, 0.29) is 12.0 Å². The second-order valence-corrected chi connectivity index (χ2v) is 4.13. The summed E-state index contributed by atoms with van der Waals surface area (Å²) in [6.07, 6.45) is -6.55. The Morgan fingerprint density at radius 1 is 1.25 bits per heavy atom. The van der Waals surface area contributed by atoms with Gasteiger partial charge in [0.25, 0.3) is 0 Å². The summed E-state index contributed by atoms with van der Waals surface area (Å²) in [4.78, 5) is 22.2. The van der Waals surface area contributed by atoms with Crippen molar-refractivity contribution >= 4 is 11.8 Å². The molecule has 4 nitrogen and oxygen atoms in total. The Kier molecular flexibility index (Phi) is 5.26. The first kappa shape index (κ1) is 16.2. The fourth-order valence-corrected chi connectivity index (χ4v) is 1.53. The maximum absolute atomic E-state index is 12.3. The van der Waals surface area contributed by atoms with Crippen molar-refractivity contribution in [3.8, 4) is 0 Å². The van der Waals surface area contributed by atoms with Crippen LogP contribution in [0.3, 0.4) is 0 Å². The first-order valence-corrected chi connectivity index (χ1v) is 5.67. The number of carbonyl (C=O) groups is 2. The Labute approximate surface area is 113 Å². The van der Waals surface area contributed by atoms with Gasteiger partial charge in [0, 0.05) is 6.42 Å². The minimum atomic E-state index is -4.45. The molecular weight excluding hydrogens is 277 g/mol. The van der Waals surface area contributed by atoms with Gasteiger partial charge in [0.1, 0.15) is 12.2 Å². The first-order valence-electron chi connectivity index (χ1n) is 5.67. The second-order valence-electron chi connectivity index (χ2n) is 4.13. The first-order chi connectivity index (χ1) is 9.24. The van der Waals surface area contributed by atoms with E-state index in [0.29, 0.717) is 0 Å². The Hall–Kier alpha value is -1.89. The van der Waals surface area contributed by atoms with Crippen molar-refractivity contribution in [1.82, 2.24) is 0 Å². The third-order valence-electron chi connectivity index (χ3n) is 2.61. The molecule has 1 N–H and O–H groups in total. The quantitative estimate of drug-likeness (QED) is 0.667. The molecule has 0 radical (unpaired) electrons. The van der Waals surface area contributed by atoms with Crippen LogP contribution in [0.5, 0.6) is 0 Å². The van der Waals surface area contributed by atoms with E-state index in [0.717, 1.165) is 31.4 Å². The average Bonchev–Trinajstić information content (AvgIpc) is 2.37. The Morgan fingerprint density at radius 2 is 1.80 bits per heavy atom. The van der Waals surface area contributed by atoms with Crippen LogP contribution in [0.4, 0.5) is 13.2 Å². The highest BCUT2D eigenvalue weighted by molar-refractivity contribution is 5.95. The highest BCUT2D eigenvalue weighted by atomic mass is 19.4. The summed E-state index contributed by atoms with van der Waals surface area (Å²) in [5.74, 6) is -1.28. The average molecular weight is 290 g/mol. The number of hydrogen-bond acceptors (Lipinski definition) is 4. The van der Waals surface area contributed by atoms with E-state index in [2.05, 4.69) is 4.74 Å². The van der Waals surface area contributed by atoms with Gasteiger partial charge in [-0.05, 0) is 17.7 Å². The zero-order valence-corrected chi connectivity index (χ0v) is 10.6. The van der Waals surface area contributed by atoms with Gasteiger partial charge in [-0.3, -0.25) is 9.59 Å². The van der Waals surface area contributed by atoms with Gasteiger partial charge in [-0.2, -0.15) is 13.2 Å². The molecule has 0 saturated carbocycles. The van der Waals surface area contributed by atoms with E-state index in [9.17, 15) is 27.9 Å². The Bertz CT molecular complexity index is 479. The topological polar surface area (TPSA) is 63.6 Å². The molecule has 1 aromatic rings. The molecule has 0 fully saturated rings. The van der Waals surface area contributed by atoms with Crippen molar-refractivity contribution < 1.29 is 32.6 Å². The third-order valence-corrected chi connectivity index (χ3v) is 2.61. The lowest BCUT2D eigenvalue weighted by molar-refractivity contribution is -0.144. The van der Waals surface area contributed by atoms with Crippen molar-refractivity contribution in [2.45, 2.75) is 25.1 Å². The van der Waals surface area contributed by atoms with Gasteiger partial charge in [0.15, 0.2) is 0 Å². The number of hydrogen-bond donors (Lipinski definition) is 1. The van der Waals surface area contributed by atoms with Crippen molar-refractivity contribution in [2.75, 3.05) is 7.11 Å². The summed E-state index contributed by atoms with van der Waals surface area (Å²) < 4.78 is 41.3. The molecule has 1 atom stereocenters. The summed E-state index contributed by atoms with van der Waals surface area (Å²) in [5, 5.41) is 9.72. The van der Waals surface area contributed by atoms with Crippen LogP contribution in [0.1, 0.15) is 30.1 Å². The number of aliphatic hydroxyl groups excluding tert-OH is 1. The maximum atomic E-state index is 12.3. The molecule has 110 valence electrons. The molecule has 0 aliphatic heterocycles. The van der Waals surface area contributed by atoms with Gasteiger partial charge in [-0.25, -0.2) is 0 Å². The van der Waals surface area contributed by atoms with E-state index in [4.69, 9.17) is 0 Å². The molecule has 1 unspecified atom stereocenters. The molecular formula is C13H13F3O4. The van der Waals surface area contributed by atoms with Crippen LogP contribution in [0.25, 0.3) is 0 Å². The number of aliphatic hydroxyl groups is 1. The van der Waals surface area contributed by atoms with Crippen molar-refractivity contribution in [2.24, 2.45) is 0 Å². The number of alkyl halides is 3. The van der Waals surface area contributed by atoms with Crippen LogP contribution in [-0.2, 0) is 20.5 Å². The maximum Gasteiger partial charge on any atom is 0.416 e. The van der Waals surface area contributed by atoms with Crippen LogP contribution in [0.2, 0.25) is 0 Å². The fourth-order valence-electron chi connectivity index (χ4n) is 1.53. The van der Waals surface area contributed by atoms with Crippen LogP contribution < -0.4 is 0 Å². The SMILES string of the molecule is COC(=O)CC(=O)CC(O)c1ccc(C(F)(F)F)cc1. The Morgan fingerprint density at radius 3 is 2.25 bits per heavy atom. The number of rotatable bonds is 5. The lowest BCUT2D eigenvalue weighted by atomic mass is 10.0. The molecule has 0 bridgehead atoms. The van der Waals surface area contributed by atoms with Crippen LogP contribution in [0, 0.1) is 0 Å². The van der Waals surface area contributed by atoms with Gasteiger partial charge in [-0.15, -0.1) is 0 Å². The smallest absolute Gasteiger partial charge is 0.416 e. The largest absolute Gasteiger partial charge is 0.469 e. The molecule has 0 aliphatic carbocycles. The summed E-state index contributed by atoms with van der Waals surface area (Å²) in [6, 6.07) is 3.84. The zero-order valence-electron chi connectivity index (χ0n) is 10.6. The molecule has 1 aromatic carbocycles. The highest BCUT2D eigenvalue weighted by Crippen LogP contribution is 2.30. The molecule has 0 saturated heterocycles. The number of ether oxygens (including phenoxy) is 1. The molecule has 0 spiro atoms. The zero-order chi connectivity index (χ0) is 15.3. The molecule has 0 heterocycles. The summed E-state index contributed by atoms with van der Waals surface area (Å²) in [6.45, 7) is 0. The summed E-state index contributed by atoms with van der Waals surface area (Å²) in [7, 11) is 1.13. The molecule has 20 heavy (non-hydrogen) atoms. The number of benzene rings is 1. The fraction of sp³-hybridized carbons (Fsp3) is 0.385. The lowest BCUT2D eigenvalue weighted by Crippen LogP contribution is -2.13. The monoisotopic (exact) mass is 290 g/mol. The van der Waals surface area contributed by atoms with Gasteiger partial charge >= 0.3 is 12.1 Å². The van der Waals surface area contributed by atoms with Gasteiger partial charge < -0.3 is 9.84 Å². The summed E-state index contributed by atoms with van der Waals surface area (Å²) in [5.41, 5.74) is -0.662. The van der Waals surface area contributed by atoms with Gasteiger partial charge in [-0.1, -0.05) is 12.1 Å². The number of esters is 1. The number of ketones is 1. The normalized spacial score (nSPS) is 12.8. The van der Waals surface area contributed by atoms with Crippen molar-refractivity contribution in [3.05, 3.63) is 35.4 Å². The summed E-state index contributed by atoms with van der Waals surface area (Å²) >= 11 is 0. The van der Waals surface area contributed by atoms with Gasteiger partial charge in [0.05, 0.1) is 18.8 Å². The highest BCUT2D eigenvalue weighted by Gasteiger charge is 2.30. The number of Topliss-reactive ketones (excluding diaryl/α,β-unsaturated/α-hetero) is 1. The third kappa shape index (κ3) is 4.65. The van der Waals surface area contributed by atoms with Crippen LogP contribution >= 0.6 is 0 Å². The van der Waals surface area contributed by atoms with Crippen LogP contribution in [-0.4, -0.2) is 24.0 Å². The standard InChI is InChI=1S/C13H13F3O4/c1-20-12(19)7-10(17)6-11(18)8-2-4-9(5-3-8)13(14,15)16/h2-5,11,18H,6-7H2,1H3. The molecule has 0 aliphatic rings. The number of methoxy groups -OCH3 is 1. The van der Waals surface area contributed by atoms with E-state index in [1.54, 1.807) is 0 Å². The molecule has 0 amide bonds. The minimum absolute atomic E-state index is 0.177. The van der Waals surface area contributed by atoms with E-state index >= 15 is 0 Å². The lowest BCUT2D eigenvalue weighted by Gasteiger charge is -2.12. The van der Waals surface area contributed by atoms with Crippen molar-refractivity contribution in [3.63, 3.8) is 0 Å². The predicted octanol–water partition coefficient (Wildman–Crippen LogP) is 2.26. The molecule has 7 heteroatoms.